The van der Waals surface area contributed by atoms with Gasteiger partial charge in [0.25, 0.3) is 11.8 Å². The number of nitrogens with zero attached hydrogens (tertiary/aromatic N) is 2. The molecule has 2 amide bonds. The number of carbonyl (C=O) groups excluding carboxylic acids is 2. The van der Waals surface area contributed by atoms with Gasteiger partial charge in [-0.05, 0) is 134 Å². The number of aliphatic hydroxyl groups is 2. The number of amides is 2. The van der Waals surface area contributed by atoms with E-state index in [9.17, 15) is 39.6 Å². The summed E-state index contributed by atoms with van der Waals surface area (Å²) in [6.45, 7) is 5.84. The lowest BCUT2D eigenvalue weighted by Crippen LogP contribution is -2.52. The van der Waals surface area contributed by atoms with Crippen molar-refractivity contribution in [3.05, 3.63) is 106 Å². The Morgan fingerprint density at radius 2 is 1.04 bits per heavy atom. The summed E-state index contributed by atoms with van der Waals surface area (Å²) >= 11 is 0. The molecule has 2 aromatic carbocycles. The highest BCUT2D eigenvalue weighted by molar-refractivity contribution is 6.05. The number of carbonyl (C=O) groups is 4. The van der Waals surface area contributed by atoms with Gasteiger partial charge in [0.15, 0.2) is 0 Å². The van der Waals surface area contributed by atoms with Crippen molar-refractivity contribution < 1.29 is 39.6 Å². The molecule has 2 heterocycles. The van der Waals surface area contributed by atoms with Gasteiger partial charge in [0.05, 0.1) is 13.2 Å². The van der Waals surface area contributed by atoms with Gasteiger partial charge in [0, 0.05) is 36.9 Å². The second-order valence-electron chi connectivity index (χ2n) is 15.2. The van der Waals surface area contributed by atoms with Crippen molar-refractivity contribution in [1.82, 2.24) is 20.6 Å². The van der Waals surface area contributed by atoms with Gasteiger partial charge < -0.3 is 31.1 Å². The molecular formula is C42H48N6O8. The molecule has 0 saturated heterocycles. The summed E-state index contributed by atoms with van der Waals surface area (Å²) in [5.41, 5.74) is 5.38. The van der Waals surface area contributed by atoms with Crippen LogP contribution in [-0.2, 0) is 22.7 Å². The van der Waals surface area contributed by atoms with Crippen LogP contribution in [-0.4, -0.2) is 78.4 Å². The molecular weight excluding hydrogens is 716 g/mol. The summed E-state index contributed by atoms with van der Waals surface area (Å²) in [5, 5.41) is 50.2. The van der Waals surface area contributed by atoms with Crippen molar-refractivity contribution in [2.45, 2.75) is 89.4 Å². The summed E-state index contributed by atoms with van der Waals surface area (Å²) in [7, 11) is 0. The average molecular weight is 765 g/mol. The maximum Gasteiger partial charge on any atom is 0.326 e. The Bertz CT molecular complexity index is 2030. The van der Waals surface area contributed by atoms with Crippen molar-refractivity contribution in [3.8, 4) is 11.1 Å². The molecule has 0 bridgehead atoms. The monoisotopic (exact) mass is 764 g/mol. The topological polar surface area (TPSA) is 223 Å². The van der Waals surface area contributed by atoms with Gasteiger partial charge in [-0.2, -0.15) is 0 Å². The smallest absolute Gasteiger partial charge is 0.326 e. The number of benzene rings is 2. The van der Waals surface area contributed by atoms with E-state index in [-0.39, 0.29) is 48.1 Å². The summed E-state index contributed by atoms with van der Waals surface area (Å²) < 4.78 is 0. The zero-order chi connectivity index (χ0) is 40.4. The molecule has 14 nitrogen and oxygen atoms in total. The SMILES string of the molecule is Cc1c(NC(=O)c2cc(C3CC3)c(CN[C@@](C)(CO)C(=O)O)cn2)cccc1-c1cccc(NC(=O)c2cc(C3CC3)c(CN[C@@](C)(CO)C(=O)O)cn2)c1C. The summed E-state index contributed by atoms with van der Waals surface area (Å²) in [5.74, 6) is -2.61. The first-order valence-electron chi connectivity index (χ1n) is 18.7. The lowest BCUT2D eigenvalue weighted by atomic mass is 9.94. The molecule has 2 fully saturated rings. The van der Waals surface area contributed by atoms with Gasteiger partial charge in [-0.25, -0.2) is 0 Å². The largest absolute Gasteiger partial charge is 0.480 e. The van der Waals surface area contributed by atoms with E-state index in [2.05, 4.69) is 31.2 Å². The maximum absolute atomic E-state index is 13.6. The minimum absolute atomic E-state index is 0.175. The Balaban J connectivity index is 1.18. The molecule has 4 aromatic rings. The van der Waals surface area contributed by atoms with Crippen LogP contribution in [0.2, 0.25) is 0 Å². The van der Waals surface area contributed by atoms with Crippen molar-refractivity contribution in [2.24, 2.45) is 0 Å². The number of hydrogen-bond acceptors (Lipinski definition) is 10. The zero-order valence-corrected chi connectivity index (χ0v) is 31.9. The van der Waals surface area contributed by atoms with Crippen molar-refractivity contribution in [2.75, 3.05) is 23.8 Å². The van der Waals surface area contributed by atoms with Crippen LogP contribution in [0, 0.1) is 13.8 Å². The second-order valence-corrected chi connectivity index (χ2v) is 15.2. The van der Waals surface area contributed by atoms with Crippen LogP contribution in [0.1, 0.15) is 106 Å². The standard InChI is InChI=1S/C42H48N6O8/c1-23-29(7-5-9-33(23)47-37(51)35-15-31(25-11-12-25)27(17-43-35)19-45-41(3,21-49)39(53)54)30-8-6-10-34(24(30)2)48-38(52)36-16-32(26-13-14-26)28(18-44-36)20-46-42(4,22-50)40(55)56/h5-10,15-18,25-26,45-46,49-50H,11-14,19-22H2,1-4H3,(H,47,51)(H,48,52)(H,53,54)(H,55,56)/t41-,42-/m0/s1. The van der Waals surface area contributed by atoms with Crippen LogP contribution in [0.5, 0.6) is 0 Å². The number of anilines is 2. The van der Waals surface area contributed by atoms with E-state index in [1.807, 2.05) is 50.2 Å². The Hall–Kier alpha value is -5.54. The van der Waals surface area contributed by atoms with Crippen LogP contribution in [0.4, 0.5) is 11.4 Å². The molecule has 14 heteroatoms. The molecule has 294 valence electrons. The second kappa shape index (κ2) is 16.3. The van der Waals surface area contributed by atoms with Gasteiger partial charge in [0.1, 0.15) is 22.5 Å². The third-order valence-electron chi connectivity index (χ3n) is 10.9. The summed E-state index contributed by atoms with van der Waals surface area (Å²) in [6, 6.07) is 14.7. The van der Waals surface area contributed by atoms with Crippen molar-refractivity contribution in [1.29, 1.82) is 0 Å². The number of rotatable bonds is 17. The minimum atomic E-state index is -1.51. The first kappa shape index (κ1) is 40.1. The number of carboxylic acid groups (broad SMARTS) is 2. The Morgan fingerprint density at radius 3 is 1.36 bits per heavy atom. The van der Waals surface area contributed by atoms with Gasteiger partial charge in [-0.1, -0.05) is 24.3 Å². The molecule has 0 spiro atoms. The summed E-state index contributed by atoms with van der Waals surface area (Å²) in [4.78, 5) is 59.3. The molecule has 2 atom stereocenters. The summed E-state index contributed by atoms with van der Waals surface area (Å²) in [6.07, 6.45) is 7.00. The first-order chi connectivity index (χ1) is 26.7. The van der Waals surface area contributed by atoms with Crippen molar-refractivity contribution in [3.63, 3.8) is 0 Å². The molecule has 2 aliphatic rings. The zero-order valence-electron chi connectivity index (χ0n) is 31.9. The highest BCUT2D eigenvalue weighted by atomic mass is 16.4. The van der Waals surface area contributed by atoms with Crippen LogP contribution < -0.4 is 21.3 Å². The molecule has 6 rings (SSSR count). The van der Waals surface area contributed by atoms with E-state index in [1.165, 1.54) is 13.8 Å². The predicted octanol–water partition coefficient (Wildman–Crippen LogP) is 4.87. The fourth-order valence-electron chi connectivity index (χ4n) is 6.57. The Morgan fingerprint density at radius 1 is 0.661 bits per heavy atom. The Labute approximate surface area is 324 Å². The third kappa shape index (κ3) is 8.63. The molecule has 56 heavy (non-hydrogen) atoms. The minimum Gasteiger partial charge on any atom is -0.480 e. The first-order valence-corrected chi connectivity index (χ1v) is 18.7. The third-order valence-corrected chi connectivity index (χ3v) is 10.9. The van der Waals surface area contributed by atoms with E-state index in [0.717, 1.165) is 70.2 Å². The lowest BCUT2D eigenvalue weighted by molar-refractivity contribution is -0.146. The van der Waals surface area contributed by atoms with Crippen molar-refractivity contribution >= 4 is 35.1 Å². The van der Waals surface area contributed by atoms with E-state index in [1.54, 1.807) is 24.5 Å². The van der Waals surface area contributed by atoms with Crippen LogP contribution >= 0.6 is 0 Å². The molecule has 2 saturated carbocycles. The molecule has 0 radical (unpaired) electrons. The molecule has 8 N–H and O–H groups in total. The number of aromatic nitrogens is 2. The number of carboxylic acids is 2. The van der Waals surface area contributed by atoms with Gasteiger partial charge >= 0.3 is 11.9 Å². The quantitative estimate of drug-likeness (QED) is 0.0722. The average Bonchev–Trinajstić information content (AvgIpc) is 4.12. The molecule has 2 aromatic heterocycles. The number of hydrogen-bond donors (Lipinski definition) is 8. The highest BCUT2D eigenvalue weighted by Crippen LogP contribution is 2.43. The maximum atomic E-state index is 13.6. The van der Waals surface area contributed by atoms with E-state index in [4.69, 9.17) is 0 Å². The van der Waals surface area contributed by atoms with E-state index < -0.39 is 36.2 Å². The molecule has 0 unspecified atom stereocenters. The van der Waals surface area contributed by atoms with E-state index in [0.29, 0.717) is 11.4 Å². The van der Waals surface area contributed by atoms with Crippen LogP contribution in [0.15, 0.2) is 60.9 Å². The van der Waals surface area contributed by atoms with E-state index >= 15 is 0 Å². The lowest BCUT2D eigenvalue weighted by Gasteiger charge is -2.24. The fraction of sp³-hybridized carbons (Fsp3) is 0.381. The van der Waals surface area contributed by atoms with Gasteiger partial charge in [0.2, 0.25) is 0 Å². The van der Waals surface area contributed by atoms with Gasteiger partial charge in [-0.3, -0.25) is 39.8 Å². The van der Waals surface area contributed by atoms with Crippen LogP contribution in [0.25, 0.3) is 11.1 Å². The van der Waals surface area contributed by atoms with Gasteiger partial charge in [-0.15, -0.1) is 0 Å². The fourth-order valence-corrected chi connectivity index (χ4v) is 6.57. The predicted molar refractivity (Wildman–Crippen MR) is 210 cm³/mol. The molecule has 2 aliphatic carbocycles. The molecule has 0 aliphatic heterocycles. The number of aliphatic carboxylic acids is 2. The normalized spacial score (nSPS) is 16.0. The Kier molecular flexibility index (Phi) is 11.7. The number of nitrogens with one attached hydrogen (secondary N) is 4. The number of pyridine rings is 2. The number of aliphatic hydroxyl groups excluding tert-OH is 2. The van der Waals surface area contributed by atoms with Crippen LogP contribution in [0.3, 0.4) is 0 Å². The highest BCUT2D eigenvalue weighted by Gasteiger charge is 2.35.